The Hall–Kier alpha value is -2.01. The highest BCUT2D eigenvalue weighted by atomic mass is 79.9. The molecule has 1 amide bonds. The van der Waals surface area contributed by atoms with Crippen molar-refractivity contribution < 1.29 is 14.3 Å². The van der Waals surface area contributed by atoms with E-state index in [-0.39, 0.29) is 5.91 Å². The Balaban J connectivity index is 1.95. The fourth-order valence-corrected chi connectivity index (χ4v) is 2.45. The number of anilines is 1. The minimum absolute atomic E-state index is 0.0262. The minimum atomic E-state index is -0.0262. The lowest BCUT2D eigenvalue weighted by molar-refractivity contribution is -0.116. The van der Waals surface area contributed by atoms with Gasteiger partial charge in [0.15, 0.2) is 11.5 Å². The lowest BCUT2D eigenvalue weighted by atomic mass is 10.1. The second-order valence-electron chi connectivity index (χ2n) is 4.72. The van der Waals surface area contributed by atoms with E-state index in [1.807, 2.05) is 42.5 Å². The Morgan fingerprint density at radius 1 is 1.09 bits per heavy atom. The summed E-state index contributed by atoms with van der Waals surface area (Å²) in [4.78, 5) is 12.0. The first-order valence-electron chi connectivity index (χ1n) is 6.89. The molecule has 0 aliphatic carbocycles. The number of aryl methyl sites for hydroxylation is 1. The second kappa shape index (κ2) is 7.84. The summed E-state index contributed by atoms with van der Waals surface area (Å²) in [6, 6.07) is 13.2. The van der Waals surface area contributed by atoms with Gasteiger partial charge >= 0.3 is 0 Å². The number of methoxy groups -OCH3 is 2. The summed E-state index contributed by atoms with van der Waals surface area (Å²) in [7, 11) is 3.20. The predicted molar refractivity (Wildman–Crippen MR) is 90.6 cm³/mol. The van der Waals surface area contributed by atoms with E-state index in [0.29, 0.717) is 24.3 Å². The number of hydrogen-bond acceptors (Lipinski definition) is 3. The highest BCUT2D eigenvalue weighted by Gasteiger charge is 2.08. The Morgan fingerprint density at radius 3 is 2.50 bits per heavy atom. The third-order valence-electron chi connectivity index (χ3n) is 3.24. The van der Waals surface area contributed by atoms with Crippen LogP contribution in [0.4, 0.5) is 5.69 Å². The van der Waals surface area contributed by atoms with Gasteiger partial charge in [0.2, 0.25) is 5.91 Å². The summed E-state index contributed by atoms with van der Waals surface area (Å²) in [5.41, 5.74) is 1.81. The molecule has 22 heavy (non-hydrogen) atoms. The van der Waals surface area contributed by atoms with Crippen LogP contribution >= 0.6 is 15.9 Å². The number of halogens is 1. The van der Waals surface area contributed by atoms with Crippen LogP contribution in [0.3, 0.4) is 0 Å². The van der Waals surface area contributed by atoms with E-state index in [1.54, 1.807) is 14.2 Å². The Kier molecular flexibility index (Phi) is 5.83. The molecule has 0 atom stereocenters. The maximum absolute atomic E-state index is 12.0. The number of nitrogens with one attached hydrogen (secondary N) is 1. The van der Waals surface area contributed by atoms with E-state index < -0.39 is 0 Å². The van der Waals surface area contributed by atoms with Crippen molar-refractivity contribution >= 4 is 27.5 Å². The van der Waals surface area contributed by atoms with E-state index in [2.05, 4.69) is 21.2 Å². The molecule has 0 unspecified atom stereocenters. The van der Waals surface area contributed by atoms with Crippen LogP contribution in [0.15, 0.2) is 46.9 Å². The molecule has 2 rings (SSSR count). The summed E-state index contributed by atoms with van der Waals surface area (Å²) in [6.07, 6.45) is 1.04. The van der Waals surface area contributed by atoms with Crippen molar-refractivity contribution in [3.8, 4) is 11.5 Å². The smallest absolute Gasteiger partial charge is 0.224 e. The summed E-state index contributed by atoms with van der Waals surface area (Å²) in [6.45, 7) is 0. The van der Waals surface area contributed by atoms with Crippen LogP contribution < -0.4 is 14.8 Å². The molecule has 0 spiro atoms. The van der Waals surface area contributed by atoms with E-state index >= 15 is 0 Å². The van der Waals surface area contributed by atoms with Crippen molar-refractivity contribution in [3.63, 3.8) is 0 Å². The maximum Gasteiger partial charge on any atom is 0.224 e. The molecular weight excluding hydrogens is 346 g/mol. The van der Waals surface area contributed by atoms with Crippen molar-refractivity contribution in [3.05, 3.63) is 52.5 Å². The van der Waals surface area contributed by atoms with Gasteiger partial charge in [-0.15, -0.1) is 0 Å². The fourth-order valence-electron chi connectivity index (χ4n) is 2.07. The molecule has 0 saturated carbocycles. The van der Waals surface area contributed by atoms with Gasteiger partial charge < -0.3 is 14.8 Å². The molecule has 0 saturated heterocycles. The standard InChI is InChI=1S/C17H18BrNO3/c1-21-15-9-7-12(11-16(15)22-2)8-10-17(20)19-14-6-4-3-5-13(14)18/h3-7,9,11H,8,10H2,1-2H3,(H,19,20). The predicted octanol–water partition coefficient (Wildman–Crippen LogP) is 4.04. The quantitative estimate of drug-likeness (QED) is 0.842. The molecule has 116 valence electrons. The van der Waals surface area contributed by atoms with Gasteiger partial charge in [-0.3, -0.25) is 4.79 Å². The van der Waals surface area contributed by atoms with Crippen LogP contribution in [0.25, 0.3) is 0 Å². The van der Waals surface area contributed by atoms with Crippen molar-refractivity contribution in [1.82, 2.24) is 0 Å². The fraction of sp³-hybridized carbons (Fsp3) is 0.235. The van der Waals surface area contributed by atoms with Gasteiger partial charge in [-0.1, -0.05) is 18.2 Å². The first kappa shape index (κ1) is 16.4. The highest BCUT2D eigenvalue weighted by molar-refractivity contribution is 9.10. The van der Waals surface area contributed by atoms with E-state index in [9.17, 15) is 4.79 Å². The minimum Gasteiger partial charge on any atom is -0.493 e. The molecule has 0 aliphatic heterocycles. The molecule has 2 aromatic carbocycles. The average molecular weight is 364 g/mol. The van der Waals surface area contributed by atoms with Crippen molar-refractivity contribution in [2.24, 2.45) is 0 Å². The van der Waals surface area contributed by atoms with Crippen LogP contribution in [0.1, 0.15) is 12.0 Å². The van der Waals surface area contributed by atoms with Gasteiger partial charge in [0.25, 0.3) is 0 Å². The number of para-hydroxylation sites is 1. The Morgan fingerprint density at radius 2 is 1.82 bits per heavy atom. The largest absolute Gasteiger partial charge is 0.493 e. The number of carbonyl (C=O) groups excluding carboxylic acids is 1. The Bertz CT molecular complexity index is 658. The number of amides is 1. The number of hydrogen-bond donors (Lipinski definition) is 1. The summed E-state index contributed by atoms with van der Waals surface area (Å²) in [5, 5.41) is 2.89. The molecule has 0 fully saturated rings. The van der Waals surface area contributed by atoms with E-state index in [4.69, 9.17) is 9.47 Å². The summed E-state index contributed by atoms with van der Waals surface area (Å²) in [5.74, 6) is 1.33. The number of ether oxygens (including phenoxy) is 2. The lowest BCUT2D eigenvalue weighted by Crippen LogP contribution is -2.12. The van der Waals surface area contributed by atoms with Crippen LogP contribution in [-0.2, 0) is 11.2 Å². The zero-order valence-electron chi connectivity index (χ0n) is 12.6. The third-order valence-corrected chi connectivity index (χ3v) is 3.93. The summed E-state index contributed by atoms with van der Waals surface area (Å²) >= 11 is 3.41. The highest BCUT2D eigenvalue weighted by Crippen LogP contribution is 2.28. The lowest BCUT2D eigenvalue weighted by Gasteiger charge is -2.10. The van der Waals surface area contributed by atoms with Crippen molar-refractivity contribution in [2.45, 2.75) is 12.8 Å². The first-order valence-corrected chi connectivity index (χ1v) is 7.68. The molecule has 1 N–H and O–H groups in total. The normalized spacial score (nSPS) is 10.1. The first-order chi connectivity index (χ1) is 10.6. The number of carbonyl (C=O) groups is 1. The Labute approximate surface area is 138 Å². The van der Waals surface area contributed by atoms with E-state index in [0.717, 1.165) is 15.7 Å². The molecule has 0 aromatic heterocycles. The van der Waals surface area contributed by atoms with Crippen molar-refractivity contribution in [1.29, 1.82) is 0 Å². The average Bonchev–Trinajstić information content (AvgIpc) is 2.54. The third kappa shape index (κ3) is 4.24. The number of benzene rings is 2. The molecule has 5 heteroatoms. The molecule has 0 radical (unpaired) electrons. The van der Waals surface area contributed by atoms with Crippen LogP contribution in [-0.4, -0.2) is 20.1 Å². The van der Waals surface area contributed by atoms with Gasteiger partial charge in [0, 0.05) is 10.9 Å². The summed E-state index contributed by atoms with van der Waals surface area (Å²) < 4.78 is 11.3. The molecule has 2 aromatic rings. The topological polar surface area (TPSA) is 47.6 Å². The maximum atomic E-state index is 12.0. The van der Waals surface area contributed by atoms with Crippen LogP contribution in [0.5, 0.6) is 11.5 Å². The molecule has 0 bridgehead atoms. The van der Waals surface area contributed by atoms with E-state index in [1.165, 1.54) is 0 Å². The van der Waals surface area contributed by atoms with Crippen LogP contribution in [0.2, 0.25) is 0 Å². The number of rotatable bonds is 6. The monoisotopic (exact) mass is 363 g/mol. The molecule has 0 aliphatic rings. The van der Waals surface area contributed by atoms with Crippen LogP contribution in [0, 0.1) is 0 Å². The van der Waals surface area contributed by atoms with Gasteiger partial charge in [-0.2, -0.15) is 0 Å². The molecule has 0 heterocycles. The van der Waals surface area contributed by atoms with Gasteiger partial charge in [-0.25, -0.2) is 0 Å². The second-order valence-corrected chi connectivity index (χ2v) is 5.57. The van der Waals surface area contributed by atoms with Gasteiger partial charge in [-0.05, 0) is 52.2 Å². The molecular formula is C17H18BrNO3. The zero-order valence-corrected chi connectivity index (χ0v) is 14.1. The van der Waals surface area contributed by atoms with Crippen molar-refractivity contribution in [2.75, 3.05) is 19.5 Å². The SMILES string of the molecule is COc1ccc(CCC(=O)Nc2ccccc2Br)cc1OC. The molecule has 4 nitrogen and oxygen atoms in total. The van der Waals surface area contributed by atoms with Gasteiger partial charge in [0.1, 0.15) is 0 Å². The zero-order chi connectivity index (χ0) is 15.9. The van der Waals surface area contributed by atoms with Gasteiger partial charge in [0.05, 0.1) is 19.9 Å².